The summed E-state index contributed by atoms with van der Waals surface area (Å²) in [7, 11) is -2.39. The zero-order valence-electron chi connectivity index (χ0n) is 21.2. The molecular formula is C28H29ClN2O7S. The van der Waals surface area contributed by atoms with E-state index in [4.69, 9.17) is 25.8 Å². The van der Waals surface area contributed by atoms with E-state index in [2.05, 4.69) is 10.0 Å². The zero-order chi connectivity index (χ0) is 27.6. The Morgan fingerprint density at radius 1 is 1.13 bits per heavy atom. The first-order valence-electron chi connectivity index (χ1n) is 12.5. The lowest BCUT2D eigenvalue weighted by Crippen LogP contribution is -2.47. The van der Waals surface area contributed by atoms with Gasteiger partial charge in [0.25, 0.3) is 10.0 Å². The Labute approximate surface area is 232 Å². The maximum absolute atomic E-state index is 13.0. The predicted octanol–water partition coefficient (Wildman–Crippen LogP) is 3.85. The molecule has 11 heteroatoms. The molecule has 0 saturated carbocycles. The van der Waals surface area contributed by atoms with Crippen molar-refractivity contribution in [1.29, 1.82) is 0 Å². The van der Waals surface area contributed by atoms with Gasteiger partial charge in [-0.25, -0.2) is 8.42 Å². The van der Waals surface area contributed by atoms with E-state index in [-0.39, 0.29) is 29.7 Å². The summed E-state index contributed by atoms with van der Waals surface area (Å²) in [6.45, 7) is 0.0916. The van der Waals surface area contributed by atoms with Crippen molar-refractivity contribution in [2.45, 2.75) is 48.5 Å². The molecular weight excluding hydrogens is 544 g/mol. The van der Waals surface area contributed by atoms with Crippen LogP contribution in [0.25, 0.3) is 0 Å². The van der Waals surface area contributed by atoms with Gasteiger partial charge in [0, 0.05) is 34.8 Å². The number of amides is 1. The summed E-state index contributed by atoms with van der Waals surface area (Å²) >= 11 is 5.92. The molecule has 206 valence electrons. The number of fused-ring (bicyclic) bond motifs is 3. The molecule has 0 bridgehead atoms. The van der Waals surface area contributed by atoms with Crippen molar-refractivity contribution in [1.82, 2.24) is 5.32 Å². The fraction of sp³-hybridized carbons (Fsp3) is 0.321. The summed E-state index contributed by atoms with van der Waals surface area (Å²) in [6.07, 6.45) is -0.912. The van der Waals surface area contributed by atoms with Crippen LogP contribution in [-0.4, -0.2) is 51.5 Å². The number of halogens is 1. The number of ether oxygens (including phenoxy) is 3. The van der Waals surface area contributed by atoms with Gasteiger partial charge < -0.3 is 24.6 Å². The van der Waals surface area contributed by atoms with E-state index in [1.807, 2.05) is 12.1 Å². The minimum Gasteiger partial charge on any atom is -0.497 e. The third-order valence-corrected chi connectivity index (χ3v) is 8.55. The topological polar surface area (TPSA) is 123 Å². The number of hydrogen-bond donors (Lipinski definition) is 3. The number of hydrogen-bond acceptors (Lipinski definition) is 7. The second kappa shape index (κ2) is 11.4. The SMILES string of the molecule is COc1cccc(S(=O)(=O)Nc2ccc3c(c2)[C@H]2C[C@@H](CC(=O)NCc4ccc(Cl)cc4)O[C@@H](CO)[C@H]2O3)c1. The monoisotopic (exact) mass is 572 g/mol. The molecule has 0 spiro atoms. The minimum atomic E-state index is -3.86. The van der Waals surface area contributed by atoms with Crippen molar-refractivity contribution in [2.75, 3.05) is 18.4 Å². The third kappa shape index (κ3) is 6.14. The normalized spacial score (nSPS) is 21.8. The van der Waals surface area contributed by atoms with E-state index in [0.717, 1.165) is 11.1 Å². The number of nitrogens with one attached hydrogen (secondary N) is 2. The smallest absolute Gasteiger partial charge is 0.262 e. The highest BCUT2D eigenvalue weighted by Gasteiger charge is 2.46. The van der Waals surface area contributed by atoms with Crippen LogP contribution in [0.3, 0.4) is 0 Å². The van der Waals surface area contributed by atoms with Crippen LogP contribution in [0, 0.1) is 0 Å². The van der Waals surface area contributed by atoms with Crippen LogP contribution >= 0.6 is 11.6 Å². The van der Waals surface area contributed by atoms with Crippen LogP contribution in [0.15, 0.2) is 71.6 Å². The van der Waals surface area contributed by atoms with E-state index in [1.165, 1.54) is 19.2 Å². The lowest BCUT2D eigenvalue weighted by molar-refractivity contribution is -0.142. The Morgan fingerprint density at radius 2 is 1.92 bits per heavy atom. The van der Waals surface area contributed by atoms with Crippen LogP contribution in [0.1, 0.15) is 29.9 Å². The lowest BCUT2D eigenvalue weighted by atomic mass is 9.84. The van der Waals surface area contributed by atoms with Gasteiger partial charge in [0.1, 0.15) is 23.7 Å². The number of aliphatic hydroxyl groups excluding tert-OH is 1. The maximum atomic E-state index is 13.0. The van der Waals surface area contributed by atoms with Gasteiger partial charge >= 0.3 is 0 Å². The van der Waals surface area contributed by atoms with Crippen molar-refractivity contribution in [2.24, 2.45) is 0 Å². The van der Waals surface area contributed by atoms with Gasteiger partial charge in [-0.2, -0.15) is 0 Å². The number of rotatable bonds is 9. The van der Waals surface area contributed by atoms with Crippen molar-refractivity contribution in [3.05, 3.63) is 82.9 Å². The van der Waals surface area contributed by atoms with Gasteiger partial charge in [0.15, 0.2) is 0 Å². The molecule has 0 aliphatic carbocycles. The molecule has 2 aliphatic heterocycles. The molecule has 4 atom stereocenters. The van der Waals surface area contributed by atoms with Gasteiger partial charge in [-0.15, -0.1) is 0 Å². The quantitative estimate of drug-likeness (QED) is 0.356. The number of methoxy groups -OCH3 is 1. The van der Waals surface area contributed by atoms with Gasteiger partial charge in [-0.05, 0) is 54.4 Å². The summed E-state index contributed by atoms with van der Waals surface area (Å²) < 4.78 is 45.9. The highest BCUT2D eigenvalue weighted by molar-refractivity contribution is 7.92. The Morgan fingerprint density at radius 3 is 2.67 bits per heavy atom. The third-order valence-electron chi connectivity index (χ3n) is 6.92. The summed E-state index contributed by atoms with van der Waals surface area (Å²) in [6, 6.07) is 18.5. The van der Waals surface area contributed by atoms with Crippen molar-refractivity contribution < 1.29 is 32.5 Å². The van der Waals surface area contributed by atoms with E-state index in [0.29, 0.717) is 35.2 Å². The first-order chi connectivity index (χ1) is 18.8. The van der Waals surface area contributed by atoms with Crippen LogP contribution in [0.4, 0.5) is 5.69 Å². The van der Waals surface area contributed by atoms with Gasteiger partial charge in [0.05, 0.1) is 31.1 Å². The highest BCUT2D eigenvalue weighted by atomic mass is 35.5. The largest absolute Gasteiger partial charge is 0.497 e. The highest BCUT2D eigenvalue weighted by Crippen LogP contribution is 2.47. The molecule has 1 saturated heterocycles. The van der Waals surface area contributed by atoms with Crippen LogP contribution < -0.4 is 19.5 Å². The average molecular weight is 573 g/mol. The number of anilines is 1. The predicted molar refractivity (Wildman–Crippen MR) is 146 cm³/mol. The summed E-state index contributed by atoms with van der Waals surface area (Å²) in [5.41, 5.74) is 2.11. The molecule has 0 aromatic heterocycles. The van der Waals surface area contributed by atoms with Crippen molar-refractivity contribution in [3.63, 3.8) is 0 Å². The van der Waals surface area contributed by atoms with Crippen LogP contribution in [0.2, 0.25) is 5.02 Å². The van der Waals surface area contributed by atoms with Crippen LogP contribution in [-0.2, 0) is 26.1 Å². The molecule has 3 aromatic rings. The Balaban J connectivity index is 1.28. The Bertz CT molecular complexity index is 1450. The Hall–Kier alpha value is -3.31. The molecule has 0 radical (unpaired) electrons. The number of carbonyl (C=O) groups excluding carboxylic acids is 1. The molecule has 3 N–H and O–H groups in total. The molecule has 2 aliphatic rings. The summed E-state index contributed by atoms with van der Waals surface area (Å²) in [4.78, 5) is 12.8. The first kappa shape index (κ1) is 27.3. The molecule has 5 rings (SSSR count). The Kier molecular flexibility index (Phi) is 7.99. The molecule has 3 aromatic carbocycles. The molecule has 2 heterocycles. The van der Waals surface area contributed by atoms with Gasteiger partial charge in [0.2, 0.25) is 5.91 Å². The molecule has 1 fully saturated rings. The average Bonchev–Trinajstić information content (AvgIpc) is 3.30. The standard InChI is InChI=1S/C28H29ClN2O7S/c1-36-20-3-2-4-22(12-20)39(34,35)31-19-9-10-25-23(11-19)24-13-21(37-26(16-32)28(24)38-25)14-27(33)30-15-17-5-7-18(29)8-6-17/h2-12,21,24,26,28,31-32H,13-16H2,1H3,(H,30,33)/t21-,24+,26-,28-/m0/s1. The second-order valence-corrected chi connectivity index (χ2v) is 11.7. The molecule has 9 nitrogen and oxygen atoms in total. The van der Waals surface area contributed by atoms with Crippen molar-refractivity contribution in [3.8, 4) is 11.5 Å². The fourth-order valence-corrected chi connectivity index (χ4v) is 6.23. The summed E-state index contributed by atoms with van der Waals surface area (Å²) in [5, 5.41) is 13.5. The number of aliphatic hydroxyl groups is 1. The van der Waals surface area contributed by atoms with Crippen molar-refractivity contribution >= 4 is 33.2 Å². The molecule has 1 amide bonds. The van der Waals surface area contributed by atoms with E-state index in [1.54, 1.807) is 42.5 Å². The first-order valence-corrected chi connectivity index (χ1v) is 14.4. The lowest BCUT2D eigenvalue weighted by Gasteiger charge is -2.37. The maximum Gasteiger partial charge on any atom is 0.262 e. The van der Waals surface area contributed by atoms with Crippen LogP contribution in [0.5, 0.6) is 11.5 Å². The van der Waals surface area contributed by atoms with E-state index >= 15 is 0 Å². The number of carbonyl (C=O) groups is 1. The minimum absolute atomic E-state index is 0.0764. The second-order valence-electron chi connectivity index (χ2n) is 9.55. The summed E-state index contributed by atoms with van der Waals surface area (Å²) in [5.74, 6) is 0.679. The van der Waals surface area contributed by atoms with Gasteiger partial charge in [-0.3, -0.25) is 9.52 Å². The van der Waals surface area contributed by atoms with E-state index < -0.39 is 28.3 Å². The zero-order valence-corrected chi connectivity index (χ0v) is 22.7. The van der Waals surface area contributed by atoms with Gasteiger partial charge in [-0.1, -0.05) is 29.8 Å². The molecule has 0 unspecified atom stereocenters. The fourth-order valence-electron chi connectivity index (χ4n) is 5.02. The van der Waals surface area contributed by atoms with E-state index in [9.17, 15) is 18.3 Å². The number of benzene rings is 3. The molecule has 39 heavy (non-hydrogen) atoms. The number of sulfonamides is 1.